The van der Waals surface area contributed by atoms with Gasteiger partial charge in [-0.05, 0) is 44.4 Å². The van der Waals surface area contributed by atoms with Gasteiger partial charge in [0.25, 0.3) is 5.91 Å². The molecule has 3 amide bonds. The summed E-state index contributed by atoms with van der Waals surface area (Å²) in [4.78, 5) is 40.2. The number of ether oxygens (including phenoxy) is 1. The lowest BCUT2D eigenvalue weighted by Crippen LogP contribution is -2.50. The third-order valence-corrected chi connectivity index (χ3v) is 5.84. The van der Waals surface area contributed by atoms with E-state index < -0.39 is 5.54 Å². The second-order valence-corrected chi connectivity index (χ2v) is 7.48. The quantitative estimate of drug-likeness (QED) is 0.621. The minimum Gasteiger partial charge on any atom is -0.469 e. The third kappa shape index (κ3) is 3.14. The predicted octanol–water partition coefficient (Wildman–Crippen LogP) is 1.33. The number of urea groups is 1. The average Bonchev–Trinajstić information content (AvgIpc) is 2.82. The van der Waals surface area contributed by atoms with Crippen molar-refractivity contribution in [2.45, 2.75) is 51.0 Å². The number of nitrogens with zero attached hydrogens (tertiary/aromatic N) is 2. The van der Waals surface area contributed by atoms with Crippen molar-refractivity contribution in [3.8, 4) is 0 Å². The van der Waals surface area contributed by atoms with Crippen LogP contribution in [0, 0.1) is 11.8 Å². The van der Waals surface area contributed by atoms with E-state index in [1.54, 1.807) is 0 Å². The van der Waals surface area contributed by atoms with Crippen LogP contribution in [0.4, 0.5) is 4.79 Å². The molecule has 3 fully saturated rings. The van der Waals surface area contributed by atoms with Crippen molar-refractivity contribution in [2.24, 2.45) is 11.8 Å². The van der Waals surface area contributed by atoms with Crippen LogP contribution in [0.1, 0.15) is 45.4 Å². The largest absolute Gasteiger partial charge is 0.469 e. The summed E-state index contributed by atoms with van der Waals surface area (Å²) in [6.45, 7) is 3.90. The molecule has 1 spiro atoms. The van der Waals surface area contributed by atoms with Gasteiger partial charge in [-0.2, -0.15) is 0 Å². The number of likely N-dealkylation sites (tertiary alicyclic amines) is 1. The molecule has 0 aromatic rings. The number of imide groups is 1. The average molecular weight is 337 g/mol. The zero-order valence-corrected chi connectivity index (χ0v) is 14.5. The van der Waals surface area contributed by atoms with E-state index >= 15 is 0 Å². The highest BCUT2D eigenvalue weighted by Crippen LogP contribution is 2.36. The Kier molecular flexibility index (Phi) is 4.80. The molecule has 0 radical (unpaired) electrons. The second kappa shape index (κ2) is 6.70. The van der Waals surface area contributed by atoms with Crippen LogP contribution in [0.15, 0.2) is 0 Å². The fourth-order valence-corrected chi connectivity index (χ4v) is 4.08. The number of rotatable bonds is 3. The Labute approximate surface area is 142 Å². The lowest BCUT2D eigenvalue weighted by molar-refractivity contribution is -0.147. The van der Waals surface area contributed by atoms with E-state index in [0.29, 0.717) is 38.5 Å². The first-order valence-electron chi connectivity index (χ1n) is 8.89. The summed E-state index contributed by atoms with van der Waals surface area (Å²) in [5.41, 5.74) is -0.673. The molecule has 3 rings (SSSR count). The van der Waals surface area contributed by atoms with Gasteiger partial charge >= 0.3 is 12.0 Å². The molecule has 1 saturated carbocycles. The molecule has 134 valence electrons. The highest BCUT2D eigenvalue weighted by molar-refractivity contribution is 6.07. The number of esters is 1. The summed E-state index contributed by atoms with van der Waals surface area (Å²) in [6.07, 6.45) is 4.84. The van der Waals surface area contributed by atoms with Gasteiger partial charge in [0.15, 0.2) is 0 Å². The summed E-state index contributed by atoms with van der Waals surface area (Å²) >= 11 is 0. The van der Waals surface area contributed by atoms with E-state index in [1.165, 1.54) is 12.0 Å². The number of hydrogen-bond acceptors (Lipinski definition) is 5. The first-order chi connectivity index (χ1) is 11.4. The maximum absolute atomic E-state index is 12.8. The van der Waals surface area contributed by atoms with Gasteiger partial charge in [-0.1, -0.05) is 6.92 Å². The Hall–Kier alpha value is -1.63. The normalized spacial score (nSPS) is 32.2. The van der Waals surface area contributed by atoms with Gasteiger partial charge in [0, 0.05) is 13.1 Å². The molecule has 7 heteroatoms. The van der Waals surface area contributed by atoms with Gasteiger partial charge < -0.3 is 10.1 Å². The molecule has 2 saturated heterocycles. The molecule has 0 aromatic carbocycles. The van der Waals surface area contributed by atoms with Crippen LogP contribution in [0.3, 0.4) is 0 Å². The monoisotopic (exact) mass is 337 g/mol. The molecule has 0 bridgehead atoms. The number of amides is 3. The highest BCUT2D eigenvalue weighted by Gasteiger charge is 2.52. The molecule has 0 unspecified atom stereocenters. The van der Waals surface area contributed by atoms with Gasteiger partial charge in [-0.15, -0.1) is 0 Å². The Morgan fingerprint density at radius 3 is 2.42 bits per heavy atom. The fourth-order valence-electron chi connectivity index (χ4n) is 4.08. The summed E-state index contributed by atoms with van der Waals surface area (Å²) in [6, 6.07) is -0.273. The number of nitrogens with one attached hydrogen (secondary N) is 1. The van der Waals surface area contributed by atoms with Crippen molar-refractivity contribution in [1.82, 2.24) is 15.1 Å². The summed E-state index contributed by atoms with van der Waals surface area (Å²) in [5, 5.41) is 2.95. The Morgan fingerprint density at radius 2 is 1.83 bits per heavy atom. The zero-order valence-electron chi connectivity index (χ0n) is 14.5. The topological polar surface area (TPSA) is 79.0 Å². The number of hydrogen-bond donors (Lipinski definition) is 1. The van der Waals surface area contributed by atoms with Gasteiger partial charge in [-0.3, -0.25) is 14.5 Å². The summed E-state index contributed by atoms with van der Waals surface area (Å²) < 4.78 is 4.79. The first-order valence-corrected chi connectivity index (χ1v) is 8.89. The van der Waals surface area contributed by atoms with E-state index in [-0.39, 0.29) is 23.8 Å². The van der Waals surface area contributed by atoms with Crippen LogP contribution in [0.25, 0.3) is 0 Å². The summed E-state index contributed by atoms with van der Waals surface area (Å²) in [5.74, 6) is 0.307. The molecular weight excluding hydrogens is 310 g/mol. The molecule has 24 heavy (non-hydrogen) atoms. The van der Waals surface area contributed by atoms with Gasteiger partial charge in [0.1, 0.15) is 5.54 Å². The van der Waals surface area contributed by atoms with Crippen molar-refractivity contribution in [1.29, 1.82) is 0 Å². The Morgan fingerprint density at radius 1 is 1.21 bits per heavy atom. The molecular formula is C17H27N3O4. The Balaban J connectivity index is 1.57. The standard InChI is InChI=1S/C17H27N3O4/c1-12-3-7-17(8-4-12)15(22)20(16(23)18-17)11-19-9-5-13(6-10-19)14(21)24-2/h12-13H,3-11H2,1-2H3,(H,18,23). The smallest absolute Gasteiger partial charge is 0.326 e. The van der Waals surface area contributed by atoms with Gasteiger partial charge in [-0.25, -0.2) is 9.69 Å². The van der Waals surface area contributed by atoms with E-state index in [4.69, 9.17) is 4.74 Å². The highest BCUT2D eigenvalue weighted by atomic mass is 16.5. The van der Waals surface area contributed by atoms with Crippen LogP contribution in [-0.4, -0.2) is 60.1 Å². The lowest BCUT2D eigenvalue weighted by Gasteiger charge is -2.35. The molecule has 3 aliphatic rings. The maximum atomic E-state index is 12.8. The molecule has 1 aliphatic carbocycles. The number of carbonyl (C=O) groups is 3. The van der Waals surface area contributed by atoms with Crippen molar-refractivity contribution in [3.63, 3.8) is 0 Å². The van der Waals surface area contributed by atoms with Crippen LogP contribution < -0.4 is 5.32 Å². The van der Waals surface area contributed by atoms with E-state index in [9.17, 15) is 14.4 Å². The fraction of sp³-hybridized carbons (Fsp3) is 0.824. The molecule has 0 aromatic heterocycles. The van der Waals surface area contributed by atoms with Crippen molar-refractivity contribution in [2.75, 3.05) is 26.9 Å². The summed E-state index contributed by atoms with van der Waals surface area (Å²) in [7, 11) is 1.41. The lowest BCUT2D eigenvalue weighted by atomic mass is 9.77. The van der Waals surface area contributed by atoms with Crippen LogP contribution in [0.5, 0.6) is 0 Å². The van der Waals surface area contributed by atoms with Crippen molar-refractivity contribution >= 4 is 17.9 Å². The molecule has 2 aliphatic heterocycles. The van der Waals surface area contributed by atoms with E-state index in [0.717, 1.165) is 25.7 Å². The van der Waals surface area contributed by atoms with Crippen molar-refractivity contribution < 1.29 is 19.1 Å². The van der Waals surface area contributed by atoms with E-state index in [2.05, 4.69) is 17.1 Å². The first kappa shape index (κ1) is 17.2. The molecule has 1 N–H and O–H groups in total. The SMILES string of the molecule is COC(=O)C1CCN(CN2C(=O)NC3(CCC(C)CC3)C2=O)CC1. The van der Waals surface area contributed by atoms with Crippen LogP contribution >= 0.6 is 0 Å². The molecule has 7 nitrogen and oxygen atoms in total. The van der Waals surface area contributed by atoms with Crippen LogP contribution in [0.2, 0.25) is 0 Å². The van der Waals surface area contributed by atoms with Gasteiger partial charge in [0.2, 0.25) is 0 Å². The molecule has 0 atom stereocenters. The predicted molar refractivity (Wildman–Crippen MR) is 86.9 cm³/mol. The Bertz CT molecular complexity index is 520. The van der Waals surface area contributed by atoms with Crippen molar-refractivity contribution in [3.05, 3.63) is 0 Å². The number of piperidine rings is 1. The van der Waals surface area contributed by atoms with Gasteiger partial charge in [0.05, 0.1) is 19.7 Å². The minimum absolute atomic E-state index is 0.0690. The minimum atomic E-state index is -0.673. The zero-order chi connectivity index (χ0) is 17.3. The third-order valence-electron chi connectivity index (χ3n) is 5.84. The molecule has 2 heterocycles. The number of carbonyl (C=O) groups excluding carboxylic acids is 3. The maximum Gasteiger partial charge on any atom is 0.326 e. The number of methoxy groups -OCH3 is 1. The second-order valence-electron chi connectivity index (χ2n) is 7.48. The van der Waals surface area contributed by atoms with Crippen LogP contribution in [-0.2, 0) is 14.3 Å². The van der Waals surface area contributed by atoms with E-state index in [1.807, 2.05) is 0 Å².